The number of carbonyl (C=O) groups is 2. The van der Waals surface area contributed by atoms with Gasteiger partial charge in [-0.3, -0.25) is 9.59 Å². The molecule has 6 heteroatoms. The van der Waals surface area contributed by atoms with Crippen molar-refractivity contribution in [2.45, 2.75) is 56.5 Å². The molecule has 2 fully saturated rings. The molecular weight excluding hydrogens is 296 g/mol. The van der Waals surface area contributed by atoms with Gasteiger partial charge in [0.15, 0.2) is 5.12 Å². The number of thioether (sulfide) groups is 2. The minimum Gasteiger partial charge on any atom is -0.481 e. The summed E-state index contributed by atoms with van der Waals surface area (Å²) in [5.74, 6) is 1.12. The molecule has 1 N–H and O–H groups in total. The monoisotopic (exact) mass is 318 g/mol. The van der Waals surface area contributed by atoms with Gasteiger partial charge in [-0.05, 0) is 31.6 Å². The molecule has 1 saturated heterocycles. The fourth-order valence-corrected chi connectivity index (χ4v) is 5.71. The molecular formula is C14H22O4S2. The molecule has 2 rings (SSSR count). The van der Waals surface area contributed by atoms with E-state index in [1.165, 1.54) is 11.8 Å². The van der Waals surface area contributed by atoms with Gasteiger partial charge in [-0.25, -0.2) is 0 Å². The average Bonchev–Trinajstić information content (AvgIpc) is 2.92. The Labute approximate surface area is 128 Å². The first-order valence-electron chi connectivity index (χ1n) is 7.08. The quantitative estimate of drug-likeness (QED) is 0.840. The van der Waals surface area contributed by atoms with E-state index in [1.807, 2.05) is 11.8 Å². The van der Waals surface area contributed by atoms with E-state index in [0.717, 1.165) is 31.4 Å². The summed E-state index contributed by atoms with van der Waals surface area (Å²) in [4.78, 5) is 21.8. The summed E-state index contributed by atoms with van der Waals surface area (Å²) in [6, 6.07) is 0. The van der Waals surface area contributed by atoms with Crippen LogP contribution in [-0.2, 0) is 14.3 Å². The maximum atomic E-state index is 11.2. The maximum absolute atomic E-state index is 11.2. The second kappa shape index (κ2) is 6.28. The fraction of sp³-hybridized carbons (Fsp3) is 0.857. The standard InChI is InChI=1S/C14H22O4S2/c1-3-13(8-19-10(2)15)9-20-14(18-13)5-4-11(7-14)6-12(16)17/h11H,3-9H2,1-2H3,(H,16,17). The molecule has 4 nitrogen and oxygen atoms in total. The number of ether oxygens (including phenoxy) is 1. The number of hydrogen-bond acceptors (Lipinski definition) is 5. The first-order chi connectivity index (χ1) is 9.39. The highest BCUT2D eigenvalue weighted by Crippen LogP contribution is 2.55. The van der Waals surface area contributed by atoms with Crippen LogP contribution >= 0.6 is 23.5 Å². The van der Waals surface area contributed by atoms with E-state index in [0.29, 0.717) is 5.75 Å². The third kappa shape index (κ3) is 3.71. The number of rotatable bonds is 5. The van der Waals surface area contributed by atoms with E-state index in [4.69, 9.17) is 9.84 Å². The largest absolute Gasteiger partial charge is 0.481 e. The van der Waals surface area contributed by atoms with Gasteiger partial charge in [-0.2, -0.15) is 0 Å². The van der Waals surface area contributed by atoms with Crippen LogP contribution in [0.3, 0.4) is 0 Å². The molecule has 2 aliphatic rings. The van der Waals surface area contributed by atoms with Crippen molar-refractivity contribution in [3.05, 3.63) is 0 Å². The fourth-order valence-electron chi connectivity index (χ4n) is 3.01. The minimum absolute atomic E-state index is 0.127. The highest BCUT2D eigenvalue weighted by Gasteiger charge is 2.52. The Balaban J connectivity index is 1.96. The van der Waals surface area contributed by atoms with E-state index in [-0.39, 0.29) is 28.0 Å². The highest BCUT2D eigenvalue weighted by molar-refractivity contribution is 8.13. The summed E-state index contributed by atoms with van der Waals surface area (Å²) in [6.45, 7) is 3.69. The zero-order valence-corrected chi connectivity index (χ0v) is 13.6. The molecule has 0 amide bonds. The summed E-state index contributed by atoms with van der Waals surface area (Å²) >= 11 is 3.16. The Morgan fingerprint density at radius 3 is 2.85 bits per heavy atom. The normalized spacial score (nSPS) is 36.6. The van der Waals surface area contributed by atoms with Crippen molar-refractivity contribution in [1.82, 2.24) is 0 Å². The van der Waals surface area contributed by atoms with Crippen molar-refractivity contribution in [2.24, 2.45) is 5.92 Å². The zero-order valence-electron chi connectivity index (χ0n) is 12.0. The topological polar surface area (TPSA) is 63.6 Å². The maximum Gasteiger partial charge on any atom is 0.303 e. The Bertz CT molecular complexity index is 401. The molecule has 1 heterocycles. The second-order valence-electron chi connectivity index (χ2n) is 5.82. The van der Waals surface area contributed by atoms with Gasteiger partial charge in [0.05, 0.1) is 5.60 Å². The molecule has 0 radical (unpaired) electrons. The molecule has 3 unspecified atom stereocenters. The Morgan fingerprint density at radius 2 is 2.25 bits per heavy atom. The molecule has 0 bridgehead atoms. The van der Waals surface area contributed by atoms with Crippen LogP contribution in [0.4, 0.5) is 0 Å². The third-order valence-electron chi connectivity index (χ3n) is 4.18. The summed E-state index contributed by atoms with van der Waals surface area (Å²) in [6.07, 6.45) is 3.83. The molecule has 1 saturated carbocycles. The second-order valence-corrected chi connectivity index (χ2v) is 8.30. The summed E-state index contributed by atoms with van der Waals surface area (Å²) in [5, 5.41) is 9.04. The van der Waals surface area contributed by atoms with E-state index < -0.39 is 5.97 Å². The minimum atomic E-state index is -0.719. The predicted octanol–water partition coefficient (Wildman–Crippen LogP) is 3.15. The van der Waals surface area contributed by atoms with Gasteiger partial charge in [0.2, 0.25) is 0 Å². The van der Waals surface area contributed by atoms with Crippen LogP contribution in [0.1, 0.15) is 46.0 Å². The Morgan fingerprint density at radius 1 is 1.50 bits per heavy atom. The molecule has 1 aliphatic heterocycles. The van der Waals surface area contributed by atoms with Gasteiger partial charge >= 0.3 is 5.97 Å². The number of aliphatic carboxylic acids is 1. The van der Waals surface area contributed by atoms with Crippen LogP contribution in [-0.4, -0.2) is 38.2 Å². The van der Waals surface area contributed by atoms with E-state index >= 15 is 0 Å². The van der Waals surface area contributed by atoms with Crippen molar-refractivity contribution in [3.8, 4) is 0 Å². The first-order valence-corrected chi connectivity index (χ1v) is 9.05. The van der Waals surface area contributed by atoms with Crippen molar-refractivity contribution in [1.29, 1.82) is 0 Å². The van der Waals surface area contributed by atoms with Gasteiger partial charge in [-0.1, -0.05) is 18.7 Å². The number of carbonyl (C=O) groups excluding carboxylic acids is 1. The number of hydrogen-bond donors (Lipinski definition) is 1. The van der Waals surface area contributed by atoms with Crippen molar-refractivity contribution in [2.75, 3.05) is 11.5 Å². The number of carboxylic acid groups (broad SMARTS) is 1. The van der Waals surface area contributed by atoms with Crippen LogP contribution in [0.5, 0.6) is 0 Å². The van der Waals surface area contributed by atoms with Gasteiger partial charge in [0.1, 0.15) is 4.93 Å². The Kier molecular flexibility index (Phi) is 5.08. The molecule has 0 aromatic heterocycles. The van der Waals surface area contributed by atoms with Crippen LogP contribution in [0.15, 0.2) is 0 Å². The molecule has 20 heavy (non-hydrogen) atoms. The van der Waals surface area contributed by atoms with Crippen LogP contribution in [0.2, 0.25) is 0 Å². The number of carboxylic acids is 1. The molecule has 3 atom stereocenters. The zero-order chi connectivity index (χ0) is 14.8. The van der Waals surface area contributed by atoms with E-state index in [1.54, 1.807) is 6.92 Å². The first kappa shape index (κ1) is 16.2. The molecule has 1 aliphatic carbocycles. The van der Waals surface area contributed by atoms with E-state index in [9.17, 15) is 9.59 Å². The lowest BCUT2D eigenvalue weighted by molar-refractivity contribution is -0.138. The average molecular weight is 318 g/mol. The third-order valence-corrected chi connectivity index (χ3v) is 6.91. The Hall–Kier alpha value is -0.200. The van der Waals surface area contributed by atoms with Gasteiger partial charge in [0, 0.05) is 24.9 Å². The molecule has 1 spiro atoms. The van der Waals surface area contributed by atoms with Crippen LogP contribution in [0.25, 0.3) is 0 Å². The van der Waals surface area contributed by atoms with Crippen molar-refractivity contribution in [3.63, 3.8) is 0 Å². The lowest BCUT2D eigenvalue weighted by atomic mass is 10.0. The van der Waals surface area contributed by atoms with Crippen LogP contribution < -0.4 is 0 Å². The van der Waals surface area contributed by atoms with E-state index in [2.05, 4.69) is 6.92 Å². The van der Waals surface area contributed by atoms with Crippen molar-refractivity contribution >= 4 is 34.6 Å². The smallest absolute Gasteiger partial charge is 0.303 e. The summed E-state index contributed by atoms with van der Waals surface area (Å²) in [7, 11) is 0. The van der Waals surface area contributed by atoms with Gasteiger partial charge < -0.3 is 9.84 Å². The van der Waals surface area contributed by atoms with Crippen molar-refractivity contribution < 1.29 is 19.4 Å². The highest BCUT2D eigenvalue weighted by atomic mass is 32.2. The van der Waals surface area contributed by atoms with Crippen LogP contribution in [0, 0.1) is 5.92 Å². The molecule has 0 aromatic carbocycles. The van der Waals surface area contributed by atoms with Gasteiger partial charge in [0.25, 0.3) is 0 Å². The predicted molar refractivity (Wildman–Crippen MR) is 82.0 cm³/mol. The molecule has 114 valence electrons. The lowest BCUT2D eigenvalue weighted by Crippen LogP contribution is -2.37. The summed E-state index contributed by atoms with van der Waals surface area (Å²) < 4.78 is 6.41. The molecule has 0 aromatic rings. The summed E-state index contributed by atoms with van der Waals surface area (Å²) in [5.41, 5.74) is -0.223. The lowest BCUT2D eigenvalue weighted by Gasteiger charge is -2.31. The SMILES string of the molecule is CCC1(CSC(C)=O)CSC2(CCC(CC(=O)O)C2)O1. The van der Waals surface area contributed by atoms with Gasteiger partial charge in [-0.15, -0.1) is 11.8 Å².